The third-order valence-electron chi connectivity index (χ3n) is 4.66. The second-order valence-corrected chi connectivity index (χ2v) is 6.13. The molecule has 106 valence electrons. The number of rotatable bonds is 3. The van der Waals surface area contributed by atoms with E-state index in [9.17, 15) is 0 Å². The molecule has 0 radical (unpaired) electrons. The van der Waals surface area contributed by atoms with Crippen LogP contribution in [-0.4, -0.2) is 9.55 Å². The van der Waals surface area contributed by atoms with E-state index >= 15 is 0 Å². The maximum Gasteiger partial charge on any atom is 0.0953 e. The fourth-order valence-corrected chi connectivity index (χ4v) is 3.37. The standard InChI is InChI=1S/C17H23N3/c1-17(10-6-3-7-11-17)20-13-19-12-15(20)16(18)14-8-4-2-5-9-14/h2,4-5,8-9,12-13,16H,3,6-7,10-11,18H2,1H3. The molecule has 0 spiro atoms. The molecule has 1 aliphatic rings. The van der Waals surface area contributed by atoms with E-state index in [2.05, 4.69) is 28.6 Å². The first-order valence-corrected chi connectivity index (χ1v) is 7.54. The Hall–Kier alpha value is -1.61. The second-order valence-electron chi connectivity index (χ2n) is 6.13. The predicted molar refractivity (Wildman–Crippen MR) is 81.4 cm³/mol. The zero-order chi connectivity index (χ0) is 14.0. The van der Waals surface area contributed by atoms with Crippen molar-refractivity contribution in [2.45, 2.75) is 50.6 Å². The number of hydrogen-bond donors (Lipinski definition) is 1. The lowest BCUT2D eigenvalue weighted by atomic mass is 9.82. The van der Waals surface area contributed by atoms with Gasteiger partial charge in [-0.3, -0.25) is 0 Å². The first-order chi connectivity index (χ1) is 9.71. The molecule has 2 N–H and O–H groups in total. The highest BCUT2D eigenvalue weighted by molar-refractivity contribution is 5.27. The van der Waals surface area contributed by atoms with Gasteiger partial charge in [-0.05, 0) is 25.3 Å². The summed E-state index contributed by atoms with van der Waals surface area (Å²) in [6.45, 7) is 2.34. The fraction of sp³-hybridized carbons (Fsp3) is 0.471. The Morgan fingerprint density at radius 2 is 1.85 bits per heavy atom. The lowest BCUT2D eigenvalue weighted by Crippen LogP contribution is -2.34. The van der Waals surface area contributed by atoms with Crippen LogP contribution in [0.4, 0.5) is 0 Å². The van der Waals surface area contributed by atoms with Crippen molar-refractivity contribution in [1.29, 1.82) is 0 Å². The Bertz CT molecular complexity index is 553. The molecule has 0 saturated heterocycles. The minimum absolute atomic E-state index is 0.0996. The normalized spacial score (nSPS) is 19.7. The van der Waals surface area contributed by atoms with Crippen molar-refractivity contribution >= 4 is 0 Å². The number of hydrogen-bond acceptors (Lipinski definition) is 2. The summed E-state index contributed by atoms with van der Waals surface area (Å²) in [5.41, 5.74) is 8.92. The highest BCUT2D eigenvalue weighted by Crippen LogP contribution is 2.36. The molecule has 3 heteroatoms. The molecule has 2 aromatic rings. The zero-order valence-electron chi connectivity index (χ0n) is 12.1. The van der Waals surface area contributed by atoms with Gasteiger partial charge in [-0.1, -0.05) is 49.6 Å². The summed E-state index contributed by atoms with van der Waals surface area (Å²) in [6.07, 6.45) is 10.3. The summed E-state index contributed by atoms with van der Waals surface area (Å²) in [6, 6.07) is 10.2. The minimum atomic E-state index is -0.0996. The van der Waals surface area contributed by atoms with E-state index in [-0.39, 0.29) is 11.6 Å². The van der Waals surface area contributed by atoms with Gasteiger partial charge in [0.2, 0.25) is 0 Å². The maximum absolute atomic E-state index is 6.47. The van der Waals surface area contributed by atoms with Gasteiger partial charge in [0.15, 0.2) is 0 Å². The second kappa shape index (κ2) is 5.41. The third-order valence-corrected chi connectivity index (χ3v) is 4.66. The summed E-state index contributed by atoms with van der Waals surface area (Å²) < 4.78 is 2.32. The SMILES string of the molecule is CC1(n2cncc2C(N)c2ccccc2)CCCCC1. The van der Waals surface area contributed by atoms with Crippen LogP contribution >= 0.6 is 0 Å². The Labute approximate surface area is 120 Å². The van der Waals surface area contributed by atoms with Gasteiger partial charge >= 0.3 is 0 Å². The number of nitrogens with two attached hydrogens (primary N) is 1. The molecule has 1 heterocycles. The molecular weight excluding hydrogens is 246 g/mol. The molecule has 0 aliphatic heterocycles. The molecule has 1 aliphatic carbocycles. The average molecular weight is 269 g/mol. The van der Waals surface area contributed by atoms with Gasteiger partial charge in [-0.15, -0.1) is 0 Å². The Morgan fingerprint density at radius 3 is 2.55 bits per heavy atom. The van der Waals surface area contributed by atoms with Crippen LogP contribution < -0.4 is 5.73 Å². The third kappa shape index (κ3) is 2.38. The van der Waals surface area contributed by atoms with E-state index in [4.69, 9.17) is 5.73 Å². The van der Waals surface area contributed by atoms with Crippen molar-refractivity contribution in [3.8, 4) is 0 Å². The molecule has 1 aromatic carbocycles. The minimum Gasteiger partial charge on any atom is -0.327 e. The van der Waals surface area contributed by atoms with Gasteiger partial charge in [0, 0.05) is 5.54 Å². The van der Waals surface area contributed by atoms with Gasteiger partial charge < -0.3 is 10.3 Å². The van der Waals surface area contributed by atoms with Crippen LogP contribution in [0, 0.1) is 0 Å². The number of nitrogens with zero attached hydrogens (tertiary/aromatic N) is 2. The van der Waals surface area contributed by atoms with Crippen molar-refractivity contribution in [3.63, 3.8) is 0 Å². The van der Waals surface area contributed by atoms with Crippen molar-refractivity contribution in [2.24, 2.45) is 5.73 Å². The molecule has 1 unspecified atom stereocenters. The lowest BCUT2D eigenvalue weighted by molar-refractivity contribution is 0.212. The monoisotopic (exact) mass is 269 g/mol. The molecule has 1 saturated carbocycles. The topological polar surface area (TPSA) is 43.8 Å². The number of imidazole rings is 1. The summed E-state index contributed by atoms with van der Waals surface area (Å²) in [5, 5.41) is 0. The predicted octanol–water partition coefficient (Wildman–Crippen LogP) is 3.61. The first kappa shape index (κ1) is 13.4. The summed E-state index contributed by atoms with van der Waals surface area (Å²) in [7, 11) is 0. The fourth-order valence-electron chi connectivity index (χ4n) is 3.37. The quantitative estimate of drug-likeness (QED) is 0.925. The van der Waals surface area contributed by atoms with Crippen molar-refractivity contribution < 1.29 is 0 Å². The van der Waals surface area contributed by atoms with Gasteiger partial charge in [0.1, 0.15) is 0 Å². The molecule has 0 amide bonds. The van der Waals surface area contributed by atoms with Crippen LogP contribution in [-0.2, 0) is 5.54 Å². The molecule has 1 fully saturated rings. The summed E-state index contributed by atoms with van der Waals surface area (Å²) in [4.78, 5) is 4.37. The molecular formula is C17H23N3. The molecule has 0 bridgehead atoms. The highest BCUT2D eigenvalue weighted by atomic mass is 15.1. The Balaban J connectivity index is 1.94. The van der Waals surface area contributed by atoms with E-state index in [0.717, 1.165) is 11.3 Å². The van der Waals surface area contributed by atoms with Crippen LogP contribution in [0.25, 0.3) is 0 Å². The van der Waals surface area contributed by atoms with Crippen molar-refractivity contribution in [1.82, 2.24) is 9.55 Å². The average Bonchev–Trinajstić information content (AvgIpc) is 2.98. The summed E-state index contributed by atoms with van der Waals surface area (Å²) in [5.74, 6) is 0. The van der Waals surface area contributed by atoms with Gasteiger partial charge in [0.25, 0.3) is 0 Å². The Morgan fingerprint density at radius 1 is 1.15 bits per heavy atom. The van der Waals surface area contributed by atoms with Crippen LogP contribution in [0.3, 0.4) is 0 Å². The number of aromatic nitrogens is 2. The zero-order valence-corrected chi connectivity index (χ0v) is 12.1. The van der Waals surface area contributed by atoms with Gasteiger partial charge in [-0.2, -0.15) is 0 Å². The molecule has 3 nitrogen and oxygen atoms in total. The Kier molecular flexibility index (Phi) is 3.62. The van der Waals surface area contributed by atoms with E-state index in [1.54, 1.807) is 0 Å². The van der Waals surface area contributed by atoms with Crippen LogP contribution in [0.2, 0.25) is 0 Å². The van der Waals surface area contributed by atoms with Crippen molar-refractivity contribution in [2.75, 3.05) is 0 Å². The smallest absolute Gasteiger partial charge is 0.0953 e. The van der Waals surface area contributed by atoms with E-state index in [1.807, 2.05) is 30.7 Å². The maximum atomic E-state index is 6.47. The highest BCUT2D eigenvalue weighted by Gasteiger charge is 2.31. The lowest BCUT2D eigenvalue weighted by Gasteiger charge is -2.37. The van der Waals surface area contributed by atoms with Gasteiger partial charge in [-0.25, -0.2) is 4.98 Å². The largest absolute Gasteiger partial charge is 0.327 e. The van der Waals surface area contributed by atoms with Crippen LogP contribution in [0.1, 0.15) is 56.3 Å². The van der Waals surface area contributed by atoms with Gasteiger partial charge in [0.05, 0.1) is 24.3 Å². The molecule has 1 aromatic heterocycles. The van der Waals surface area contributed by atoms with Crippen molar-refractivity contribution in [3.05, 3.63) is 54.1 Å². The number of benzene rings is 1. The molecule has 3 rings (SSSR count). The van der Waals surface area contributed by atoms with Crippen LogP contribution in [0.5, 0.6) is 0 Å². The summed E-state index contributed by atoms with van der Waals surface area (Å²) >= 11 is 0. The van der Waals surface area contributed by atoms with E-state index in [0.29, 0.717) is 0 Å². The molecule has 1 atom stereocenters. The first-order valence-electron chi connectivity index (χ1n) is 7.54. The van der Waals surface area contributed by atoms with Crippen LogP contribution in [0.15, 0.2) is 42.9 Å². The van der Waals surface area contributed by atoms with E-state index in [1.165, 1.54) is 32.1 Å². The molecule has 20 heavy (non-hydrogen) atoms. The van der Waals surface area contributed by atoms with E-state index < -0.39 is 0 Å².